The molecular weight excluding hydrogens is 234 g/mol. The van der Waals surface area contributed by atoms with Gasteiger partial charge in [0.15, 0.2) is 0 Å². The quantitative estimate of drug-likeness (QED) is 0.615. The molecular formula is C12H25N3O3. The Morgan fingerprint density at radius 1 is 1.28 bits per heavy atom. The Labute approximate surface area is 109 Å². The van der Waals surface area contributed by atoms with Gasteiger partial charge in [-0.1, -0.05) is 13.8 Å². The second-order valence-electron chi connectivity index (χ2n) is 4.92. The van der Waals surface area contributed by atoms with Crippen LogP contribution in [-0.4, -0.2) is 53.7 Å². The molecule has 0 radical (unpaired) electrons. The molecule has 0 saturated carbocycles. The maximum Gasteiger partial charge on any atom is 0.321 e. The number of carbonyl (C=O) groups is 2. The lowest BCUT2D eigenvalue weighted by atomic mass is 10.1. The van der Waals surface area contributed by atoms with Crippen molar-refractivity contribution in [3.63, 3.8) is 0 Å². The van der Waals surface area contributed by atoms with Crippen molar-refractivity contribution in [1.29, 1.82) is 0 Å². The Hall–Kier alpha value is -1.14. The number of amides is 3. The molecule has 0 aromatic rings. The fourth-order valence-electron chi connectivity index (χ4n) is 1.48. The van der Waals surface area contributed by atoms with Crippen LogP contribution >= 0.6 is 0 Å². The number of nitrogens with one attached hydrogen (secondary N) is 2. The smallest absolute Gasteiger partial charge is 0.321 e. The number of hydrogen-bond donors (Lipinski definition) is 3. The van der Waals surface area contributed by atoms with Crippen molar-refractivity contribution in [3.05, 3.63) is 0 Å². The van der Waals surface area contributed by atoms with Crippen molar-refractivity contribution in [2.75, 3.05) is 26.2 Å². The van der Waals surface area contributed by atoms with E-state index in [0.717, 1.165) is 6.42 Å². The third-order valence-electron chi connectivity index (χ3n) is 2.21. The maximum absolute atomic E-state index is 11.6. The van der Waals surface area contributed by atoms with E-state index in [1.165, 1.54) is 0 Å². The highest BCUT2D eigenvalue weighted by atomic mass is 16.3. The summed E-state index contributed by atoms with van der Waals surface area (Å²) >= 11 is 0. The second kappa shape index (κ2) is 8.05. The average molecular weight is 259 g/mol. The summed E-state index contributed by atoms with van der Waals surface area (Å²) in [7, 11) is 0. The minimum Gasteiger partial charge on any atom is -0.389 e. The zero-order chi connectivity index (χ0) is 14.2. The zero-order valence-electron chi connectivity index (χ0n) is 11.7. The van der Waals surface area contributed by atoms with Crippen molar-refractivity contribution in [3.8, 4) is 0 Å². The molecule has 0 atom stereocenters. The van der Waals surface area contributed by atoms with Gasteiger partial charge in [0.1, 0.15) is 0 Å². The van der Waals surface area contributed by atoms with E-state index < -0.39 is 11.6 Å². The number of carbonyl (C=O) groups excluding carboxylic acids is 2. The first-order valence-electron chi connectivity index (χ1n) is 6.31. The fraction of sp³-hybridized carbons (Fsp3) is 0.833. The highest BCUT2D eigenvalue weighted by Crippen LogP contribution is 2.03. The molecule has 0 fully saturated rings. The van der Waals surface area contributed by atoms with Crippen LogP contribution in [0.25, 0.3) is 0 Å². The SMILES string of the molecule is CCCNC(=O)NC(=O)CN(CC)CC(C)(C)O. The van der Waals surface area contributed by atoms with Gasteiger partial charge in [-0.05, 0) is 26.8 Å². The lowest BCUT2D eigenvalue weighted by Gasteiger charge is -2.27. The molecule has 0 spiro atoms. The highest BCUT2D eigenvalue weighted by molar-refractivity contribution is 5.95. The van der Waals surface area contributed by atoms with Crippen molar-refractivity contribution in [2.45, 2.75) is 39.7 Å². The molecule has 6 heteroatoms. The molecule has 106 valence electrons. The molecule has 0 aliphatic heterocycles. The molecule has 0 bridgehead atoms. The summed E-state index contributed by atoms with van der Waals surface area (Å²) in [5.41, 5.74) is -0.860. The van der Waals surface area contributed by atoms with Crippen LogP contribution in [0.2, 0.25) is 0 Å². The molecule has 0 saturated heterocycles. The minimum absolute atomic E-state index is 0.0973. The van der Waals surface area contributed by atoms with E-state index in [-0.39, 0.29) is 12.5 Å². The van der Waals surface area contributed by atoms with Crippen molar-refractivity contribution in [1.82, 2.24) is 15.5 Å². The van der Waals surface area contributed by atoms with Crippen LogP contribution in [0.3, 0.4) is 0 Å². The van der Waals surface area contributed by atoms with Crippen LogP contribution in [0.5, 0.6) is 0 Å². The topological polar surface area (TPSA) is 81.7 Å². The maximum atomic E-state index is 11.6. The van der Waals surface area contributed by atoms with E-state index in [9.17, 15) is 14.7 Å². The van der Waals surface area contributed by atoms with Gasteiger partial charge in [-0.25, -0.2) is 4.79 Å². The van der Waals surface area contributed by atoms with E-state index in [1.54, 1.807) is 18.7 Å². The molecule has 0 aliphatic rings. The summed E-state index contributed by atoms with van der Waals surface area (Å²) < 4.78 is 0. The largest absolute Gasteiger partial charge is 0.389 e. The Bertz CT molecular complexity index is 274. The zero-order valence-corrected chi connectivity index (χ0v) is 11.7. The second-order valence-corrected chi connectivity index (χ2v) is 4.92. The van der Waals surface area contributed by atoms with E-state index in [0.29, 0.717) is 19.6 Å². The predicted octanol–water partition coefficient (Wildman–Crippen LogP) is 0.315. The Balaban J connectivity index is 4.08. The van der Waals surface area contributed by atoms with Gasteiger partial charge in [0, 0.05) is 13.1 Å². The van der Waals surface area contributed by atoms with Gasteiger partial charge in [0.25, 0.3) is 0 Å². The summed E-state index contributed by atoms with van der Waals surface area (Å²) in [5.74, 6) is -0.366. The lowest BCUT2D eigenvalue weighted by Crippen LogP contribution is -2.47. The van der Waals surface area contributed by atoms with Crippen LogP contribution in [0.15, 0.2) is 0 Å². The standard InChI is InChI=1S/C12H25N3O3/c1-5-7-13-11(17)14-10(16)8-15(6-2)9-12(3,4)18/h18H,5-9H2,1-4H3,(H2,13,14,16,17). The molecule has 0 rings (SSSR count). The van der Waals surface area contributed by atoms with Gasteiger partial charge in [-0.2, -0.15) is 0 Å². The third-order valence-corrected chi connectivity index (χ3v) is 2.21. The predicted molar refractivity (Wildman–Crippen MR) is 70.2 cm³/mol. The van der Waals surface area contributed by atoms with E-state index >= 15 is 0 Å². The van der Waals surface area contributed by atoms with Gasteiger partial charge in [0.2, 0.25) is 5.91 Å². The average Bonchev–Trinajstić information content (AvgIpc) is 2.23. The van der Waals surface area contributed by atoms with E-state index in [2.05, 4.69) is 10.6 Å². The lowest BCUT2D eigenvalue weighted by molar-refractivity contribution is -0.121. The number of nitrogens with zero attached hydrogens (tertiary/aromatic N) is 1. The Kier molecular flexibility index (Phi) is 7.54. The number of aliphatic hydroxyl groups is 1. The molecule has 3 N–H and O–H groups in total. The molecule has 0 aromatic heterocycles. The number of hydrogen-bond acceptors (Lipinski definition) is 4. The van der Waals surface area contributed by atoms with Crippen LogP contribution in [0.1, 0.15) is 34.1 Å². The summed E-state index contributed by atoms with van der Waals surface area (Å²) in [5, 5.41) is 14.5. The number of imide groups is 1. The summed E-state index contributed by atoms with van der Waals surface area (Å²) in [4.78, 5) is 24.6. The molecule has 6 nitrogen and oxygen atoms in total. The highest BCUT2D eigenvalue weighted by Gasteiger charge is 2.19. The fourth-order valence-corrected chi connectivity index (χ4v) is 1.48. The first-order chi connectivity index (χ1) is 8.28. The van der Waals surface area contributed by atoms with Gasteiger partial charge >= 0.3 is 6.03 Å². The number of likely N-dealkylation sites (N-methyl/N-ethyl adjacent to an activating group) is 1. The number of rotatable bonds is 7. The van der Waals surface area contributed by atoms with Crippen molar-refractivity contribution >= 4 is 11.9 Å². The monoisotopic (exact) mass is 259 g/mol. The van der Waals surface area contributed by atoms with Crippen LogP contribution in [-0.2, 0) is 4.79 Å². The summed E-state index contributed by atoms with van der Waals surface area (Å²) in [6.07, 6.45) is 0.821. The molecule has 0 aliphatic carbocycles. The summed E-state index contributed by atoms with van der Waals surface area (Å²) in [6, 6.07) is -0.471. The van der Waals surface area contributed by atoms with Crippen LogP contribution < -0.4 is 10.6 Å². The Morgan fingerprint density at radius 3 is 2.33 bits per heavy atom. The van der Waals surface area contributed by atoms with Crippen molar-refractivity contribution < 1.29 is 14.7 Å². The van der Waals surface area contributed by atoms with Gasteiger partial charge in [-0.3, -0.25) is 15.0 Å². The minimum atomic E-state index is -0.860. The van der Waals surface area contributed by atoms with E-state index in [4.69, 9.17) is 0 Å². The molecule has 18 heavy (non-hydrogen) atoms. The molecule has 0 heterocycles. The Morgan fingerprint density at radius 2 is 1.89 bits per heavy atom. The normalized spacial score (nSPS) is 11.4. The van der Waals surface area contributed by atoms with Crippen molar-refractivity contribution in [2.24, 2.45) is 0 Å². The first kappa shape index (κ1) is 16.9. The first-order valence-corrected chi connectivity index (χ1v) is 6.31. The van der Waals surface area contributed by atoms with Crippen LogP contribution in [0, 0.1) is 0 Å². The molecule has 3 amide bonds. The van der Waals surface area contributed by atoms with Gasteiger partial charge < -0.3 is 10.4 Å². The third kappa shape index (κ3) is 8.95. The van der Waals surface area contributed by atoms with Gasteiger partial charge in [0.05, 0.1) is 12.1 Å². The summed E-state index contributed by atoms with van der Waals surface area (Å²) in [6.45, 7) is 8.85. The van der Waals surface area contributed by atoms with Crippen LogP contribution in [0.4, 0.5) is 4.79 Å². The van der Waals surface area contributed by atoms with Gasteiger partial charge in [-0.15, -0.1) is 0 Å². The molecule has 0 unspecified atom stereocenters. The molecule has 0 aromatic carbocycles. The number of urea groups is 1. The van der Waals surface area contributed by atoms with E-state index in [1.807, 2.05) is 13.8 Å².